The number of hydrogen-bond donors (Lipinski definition) is 4. The Kier molecular flexibility index (Phi) is 6.49. The van der Waals surface area contributed by atoms with Crippen LogP contribution in [0.1, 0.15) is 6.42 Å². The number of phenols is 1. The minimum absolute atomic E-state index is 0.0249. The fourth-order valence-electron chi connectivity index (χ4n) is 3.78. The highest BCUT2D eigenvalue weighted by Gasteiger charge is 2.35. The number of amides is 1. The average molecular weight is 517 g/mol. The largest absolute Gasteiger partial charge is 0.504 e. The number of benzene rings is 1. The van der Waals surface area contributed by atoms with E-state index >= 15 is 0 Å². The molecule has 2 aliphatic heterocycles. The number of carbonyl (C=O) groups is 1. The molecule has 11 nitrogen and oxygen atoms in total. The van der Waals surface area contributed by atoms with Crippen LogP contribution in [0.2, 0.25) is 5.02 Å². The smallest absolute Gasteiger partial charge is 0.407 e. The molecule has 0 saturated carbocycles. The number of sulfonamides is 1. The minimum atomic E-state index is -4.27. The quantitative estimate of drug-likeness (QED) is 0.326. The van der Waals surface area contributed by atoms with E-state index in [1.807, 2.05) is 0 Å². The van der Waals surface area contributed by atoms with Gasteiger partial charge in [0.05, 0.1) is 10.7 Å². The van der Waals surface area contributed by atoms with Crippen LogP contribution in [0.3, 0.4) is 0 Å². The molecule has 0 spiro atoms. The monoisotopic (exact) mass is 516 g/mol. The van der Waals surface area contributed by atoms with Crippen LogP contribution >= 0.6 is 23.4 Å². The molecule has 0 aliphatic carbocycles. The summed E-state index contributed by atoms with van der Waals surface area (Å²) in [6.07, 6.45) is -0.306. The molecular formula is C19H21ClN4O7S2. The first-order valence-corrected chi connectivity index (χ1v) is 13.0. The van der Waals surface area contributed by atoms with Gasteiger partial charge in [-0.2, -0.15) is 16.1 Å². The second-order valence-electron chi connectivity index (χ2n) is 7.68. The first-order chi connectivity index (χ1) is 15.6. The number of thioether (sulfide) groups is 1. The molecule has 2 aliphatic rings. The molecule has 0 aromatic heterocycles. The third-order valence-corrected chi connectivity index (χ3v) is 9.20. The van der Waals surface area contributed by atoms with Crippen molar-refractivity contribution in [2.45, 2.75) is 17.4 Å². The highest BCUT2D eigenvalue weighted by Crippen LogP contribution is 2.40. The molecule has 1 atom stereocenters. The SMILES string of the molecule is O=C(O)N1CCN(S(=O)(=O)c2c(Cl)ccc(Nc3c(NC4CCSC4)c(=O)c3=O)c2O)CC1. The number of anilines is 3. The zero-order valence-corrected chi connectivity index (χ0v) is 19.6. The van der Waals surface area contributed by atoms with E-state index in [0.717, 1.165) is 27.1 Å². The molecule has 2 heterocycles. The highest BCUT2D eigenvalue weighted by atomic mass is 35.5. The van der Waals surface area contributed by atoms with Crippen molar-refractivity contribution in [3.05, 3.63) is 37.6 Å². The van der Waals surface area contributed by atoms with Crippen LogP contribution in [-0.2, 0) is 10.0 Å². The number of rotatable bonds is 6. The molecule has 2 fully saturated rings. The summed E-state index contributed by atoms with van der Waals surface area (Å²) in [6.45, 7) is -0.257. The van der Waals surface area contributed by atoms with E-state index in [1.165, 1.54) is 12.1 Å². The lowest BCUT2D eigenvalue weighted by Gasteiger charge is -2.32. The average Bonchev–Trinajstić information content (AvgIpc) is 3.30. The molecule has 1 unspecified atom stereocenters. The summed E-state index contributed by atoms with van der Waals surface area (Å²) in [4.78, 5) is 35.8. The van der Waals surface area contributed by atoms with E-state index in [0.29, 0.717) is 0 Å². The van der Waals surface area contributed by atoms with Gasteiger partial charge in [0.1, 0.15) is 16.3 Å². The fourth-order valence-corrected chi connectivity index (χ4v) is 6.95. The van der Waals surface area contributed by atoms with Crippen LogP contribution in [0.15, 0.2) is 26.6 Å². The topological polar surface area (TPSA) is 156 Å². The molecule has 4 rings (SSSR count). The van der Waals surface area contributed by atoms with Crippen molar-refractivity contribution in [3.63, 3.8) is 0 Å². The molecule has 14 heteroatoms. The summed E-state index contributed by atoms with van der Waals surface area (Å²) < 4.78 is 27.4. The van der Waals surface area contributed by atoms with Gasteiger partial charge in [-0.05, 0) is 24.3 Å². The van der Waals surface area contributed by atoms with E-state index in [-0.39, 0.29) is 54.3 Å². The zero-order valence-electron chi connectivity index (χ0n) is 17.2. The Labute approximate surface area is 198 Å². The lowest BCUT2D eigenvalue weighted by Crippen LogP contribution is -2.50. The molecule has 0 radical (unpaired) electrons. The lowest BCUT2D eigenvalue weighted by molar-refractivity contribution is 0.126. The Morgan fingerprint density at radius 3 is 2.39 bits per heavy atom. The Morgan fingerprint density at radius 1 is 1.12 bits per heavy atom. The molecule has 2 saturated heterocycles. The van der Waals surface area contributed by atoms with E-state index in [4.69, 9.17) is 16.7 Å². The highest BCUT2D eigenvalue weighted by molar-refractivity contribution is 7.99. The second-order valence-corrected chi connectivity index (χ2v) is 11.1. The molecule has 33 heavy (non-hydrogen) atoms. The van der Waals surface area contributed by atoms with Crippen LogP contribution in [0.25, 0.3) is 0 Å². The van der Waals surface area contributed by atoms with Crippen molar-refractivity contribution < 1.29 is 23.4 Å². The van der Waals surface area contributed by atoms with Gasteiger partial charge in [0, 0.05) is 38.0 Å². The number of phenolic OH excluding ortho intramolecular Hbond substituents is 1. The number of piperazine rings is 1. The van der Waals surface area contributed by atoms with Crippen LogP contribution in [0.4, 0.5) is 21.9 Å². The molecule has 2 aromatic carbocycles. The van der Waals surface area contributed by atoms with Crippen LogP contribution in [0.5, 0.6) is 5.75 Å². The van der Waals surface area contributed by atoms with Gasteiger partial charge >= 0.3 is 6.09 Å². The van der Waals surface area contributed by atoms with Gasteiger partial charge in [-0.15, -0.1) is 0 Å². The Bertz CT molecular complexity index is 1260. The van der Waals surface area contributed by atoms with E-state index < -0.39 is 37.6 Å². The van der Waals surface area contributed by atoms with Crippen molar-refractivity contribution >= 4 is 56.5 Å². The van der Waals surface area contributed by atoms with Gasteiger partial charge in [-0.25, -0.2) is 13.2 Å². The van der Waals surface area contributed by atoms with Crippen LogP contribution in [-0.4, -0.2) is 77.7 Å². The van der Waals surface area contributed by atoms with Crippen molar-refractivity contribution in [3.8, 4) is 5.75 Å². The Morgan fingerprint density at radius 2 is 1.79 bits per heavy atom. The summed E-state index contributed by atoms with van der Waals surface area (Å²) in [7, 11) is -4.27. The summed E-state index contributed by atoms with van der Waals surface area (Å²) in [5.41, 5.74) is -1.49. The second kappa shape index (κ2) is 9.05. The van der Waals surface area contributed by atoms with Gasteiger partial charge in [-0.3, -0.25) is 9.59 Å². The van der Waals surface area contributed by atoms with E-state index in [9.17, 15) is 27.9 Å². The van der Waals surface area contributed by atoms with Crippen LogP contribution < -0.4 is 21.5 Å². The van der Waals surface area contributed by atoms with Gasteiger partial charge < -0.3 is 25.7 Å². The van der Waals surface area contributed by atoms with Crippen molar-refractivity contribution in [1.82, 2.24) is 9.21 Å². The Hall–Kier alpha value is -2.48. The number of nitrogens with zero attached hydrogens (tertiary/aromatic N) is 2. The maximum absolute atomic E-state index is 13.2. The minimum Gasteiger partial charge on any atom is -0.504 e. The Balaban J connectivity index is 1.61. The lowest BCUT2D eigenvalue weighted by atomic mass is 10.1. The maximum atomic E-state index is 13.2. The van der Waals surface area contributed by atoms with Crippen LogP contribution in [0, 0.1) is 0 Å². The van der Waals surface area contributed by atoms with E-state index in [2.05, 4.69) is 10.6 Å². The summed E-state index contributed by atoms with van der Waals surface area (Å²) >= 11 is 7.84. The summed E-state index contributed by atoms with van der Waals surface area (Å²) in [6, 6.07) is 2.61. The first-order valence-electron chi connectivity index (χ1n) is 10.1. The fraction of sp³-hybridized carbons (Fsp3) is 0.421. The zero-order chi connectivity index (χ0) is 23.9. The molecule has 178 valence electrons. The predicted molar refractivity (Wildman–Crippen MR) is 125 cm³/mol. The first kappa shape index (κ1) is 23.7. The van der Waals surface area contributed by atoms with Gasteiger partial charge in [0.25, 0.3) is 10.9 Å². The summed E-state index contributed by atoms with van der Waals surface area (Å²) in [5.74, 6) is 1.04. The maximum Gasteiger partial charge on any atom is 0.407 e. The number of halogens is 1. The molecular weight excluding hydrogens is 496 g/mol. The third kappa shape index (κ3) is 4.37. The van der Waals surface area contributed by atoms with Crippen molar-refractivity contribution in [2.24, 2.45) is 0 Å². The standard InChI is InChI=1S/C19H21ClN4O7S2/c20-11-1-2-12(22-14-13(16(26)17(14)27)21-10-3-8-32-9-10)15(25)18(11)33(30,31)24-6-4-23(5-7-24)19(28)29/h1-2,10,21-22,25H,3-9H2,(H,28,29). The molecule has 2 aromatic rings. The van der Waals surface area contributed by atoms with Gasteiger partial charge in [0.15, 0.2) is 5.75 Å². The molecule has 1 amide bonds. The summed E-state index contributed by atoms with van der Waals surface area (Å²) in [5, 5.41) is 25.3. The number of hydrogen-bond acceptors (Lipinski definition) is 9. The molecule has 0 bridgehead atoms. The third-order valence-electron chi connectivity index (χ3n) is 5.64. The van der Waals surface area contributed by atoms with Crippen molar-refractivity contribution in [2.75, 3.05) is 48.3 Å². The van der Waals surface area contributed by atoms with E-state index in [1.54, 1.807) is 11.8 Å². The number of carboxylic acid groups (broad SMARTS) is 1. The van der Waals surface area contributed by atoms with Gasteiger partial charge in [0.2, 0.25) is 10.0 Å². The number of aromatic hydroxyl groups is 1. The molecule has 4 N–H and O–H groups in total. The predicted octanol–water partition coefficient (Wildman–Crippen LogP) is 1.29. The normalized spacial score (nSPS) is 19.7. The van der Waals surface area contributed by atoms with Gasteiger partial charge in [-0.1, -0.05) is 11.6 Å². The number of nitrogens with one attached hydrogen (secondary N) is 2. The van der Waals surface area contributed by atoms with Crippen molar-refractivity contribution in [1.29, 1.82) is 0 Å².